The van der Waals surface area contributed by atoms with Gasteiger partial charge in [0, 0.05) is 26.0 Å². The Balaban J connectivity index is 2.06. The molecule has 1 N–H and O–H groups in total. The van der Waals surface area contributed by atoms with Crippen LogP contribution in [-0.4, -0.2) is 24.6 Å². The van der Waals surface area contributed by atoms with Crippen molar-refractivity contribution < 1.29 is 9.53 Å². The molecule has 0 aliphatic heterocycles. The summed E-state index contributed by atoms with van der Waals surface area (Å²) >= 11 is 0. The third-order valence-corrected chi connectivity index (χ3v) is 2.71. The summed E-state index contributed by atoms with van der Waals surface area (Å²) in [6.45, 7) is 0.588. The predicted molar refractivity (Wildman–Crippen MR) is 73.4 cm³/mol. The largest absolute Gasteiger partial charge is 0.375 e. The van der Waals surface area contributed by atoms with Gasteiger partial charge in [0.05, 0.1) is 0 Å². The Morgan fingerprint density at radius 2 is 2.00 bits per heavy atom. The summed E-state index contributed by atoms with van der Waals surface area (Å²) in [6, 6.07) is 12.0. The molecule has 1 aromatic carbocycles. The molecular formula is C15H16N2O2. The van der Waals surface area contributed by atoms with Crippen LogP contribution in [0.1, 0.15) is 5.56 Å². The minimum Gasteiger partial charge on any atom is -0.375 e. The molecule has 0 fully saturated rings. The van der Waals surface area contributed by atoms with Crippen molar-refractivity contribution in [3.8, 4) is 11.1 Å². The van der Waals surface area contributed by atoms with Gasteiger partial charge >= 0.3 is 0 Å². The number of nitrogens with one attached hydrogen (secondary N) is 1. The summed E-state index contributed by atoms with van der Waals surface area (Å²) in [6.07, 6.45) is 3.53. The highest BCUT2D eigenvalue weighted by Gasteiger charge is 2.02. The smallest absolute Gasteiger partial charge is 0.246 e. The molecule has 98 valence electrons. The molecule has 0 aliphatic rings. The van der Waals surface area contributed by atoms with Crippen molar-refractivity contribution >= 4 is 5.91 Å². The zero-order valence-electron chi connectivity index (χ0n) is 10.8. The molecule has 0 spiro atoms. The Morgan fingerprint density at radius 3 is 2.74 bits per heavy atom. The van der Waals surface area contributed by atoms with Gasteiger partial charge in [0.1, 0.15) is 6.61 Å². The van der Waals surface area contributed by atoms with Gasteiger partial charge in [-0.15, -0.1) is 0 Å². The van der Waals surface area contributed by atoms with Crippen LogP contribution in [0.2, 0.25) is 0 Å². The Bertz CT molecular complexity index is 541. The number of nitrogens with zero attached hydrogens (tertiary/aromatic N) is 1. The van der Waals surface area contributed by atoms with E-state index in [2.05, 4.69) is 16.4 Å². The number of methoxy groups -OCH3 is 1. The number of hydrogen-bond donors (Lipinski definition) is 1. The second-order valence-corrected chi connectivity index (χ2v) is 4.15. The second-order valence-electron chi connectivity index (χ2n) is 4.15. The monoisotopic (exact) mass is 256 g/mol. The van der Waals surface area contributed by atoms with Crippen molar-refractivity contribution in [1.29, 1.82) is 0 Å². The van der Waals surface area contributed by atoms with Gasteiger partial charge < -0.3 is 10.1 Å². The topological polar surface area (TPSA) is 51.2 Å². The summed E-state index contributed by atoms with van der Waals surface area (Å²) in [4.78, 5) is 15.3. The van der Waals surface area contributed by atoms with Crippen LogP contribution >= 0.6 is 0 Å². The molecular weight excluding hydrogens is 240 g/mol. The SMILES string of the molecule is COCC(=O)NCc1cccc(-c2ccncc2)c1. The van der Waals surface area contributed by atoms with Gasteiger partial charge in [-0.2, -0.15) is 0 Å². The predicted octanol–water partition coefficient (Wildman–Crippen LogP) is 2.01. The van der Waals surface area contributed by atoms with Gasteiger partial charge in [-0.25, -0.2) is 0 Å². The van der Waals surface area contributed by atoms with Crippen molar-refractivity contribution in [2.24, 2.45) is 0 Å². The van der Waals surface area contributed by atoms with E-state index < -0.39 is 0 Å². The minimum absolute atomic E-state index is 0.0873. The fraction of sp³-hybridized carbons (Fsp3) is 0.200. The van der Waals surface area contributed by atoms with E-state index in [-0.39, 0.29) is 12.5 Å². The standard InChI is InChI=1S/C15H16N2O2/c1-19-11-15(18)17-10-12-3-2-4-14(9-12)13-5-7-16-8-6-13/h2-9H,10-11H2,1H3,(H,17,18). The summed E-state index contributed by atoms with van der Waals surface area (Å²) < 4.78 is 4.77. The van der Waals surface area contributed by atoms with Crippen molar-refractivity contribution in [3.05, 3.63) is 54.4 Å². The van der Waals surface area contributed by atoms with Gasteiger partial charge in [0.25, 0.3) is 0 Å². The molecule has 0 unspecified atom stereocenters. The van der Waals surface area contributed by atoms with E-state index in [9.17, 15) is 4.79 Å². The lowest BCUT2D eigenvalue weighted by atomic mass is 10.0. The quantitative estimate of drug-likeness (QED) is 0.890. The van der Waals surface area contributed by atoms with Crippen molar-refractivity contribution in [2.75, 3.05) is 13.7 Å². The second kappa shape index (κ2) is 6.66. The molecule has 0 radical (unpaired) electrons. The van der Waals surface area contributed by atoms with E-state index in [0.717, 1.165) is 16.7 Å². The number of hydrogen-bond acceptors (Lipinski definition) is 3. The third kappa shape index (κ3) is 3.89. The first-order chi connectivity index (χ1) is 9.29. The Morgan fingerprint density at radius 1 is 1.21 bits per heavy atom. The average Bonchev–Trinajstić information content (AvgIpc) is 2.47. The summed E-state index contributed by atoms with van der Waals surface area (Å²) in [5.74, 6) is -0.114. The molecule has 1 heterocycles. The van der Waals surface area contributed by atoms with Crippen LogP contribution in [0.4, 0.5) is 0 Å². The fourth-order valence-corrected chi connectivity index (χ4v) is 1.79. The first-order valence-corrected chi connectivity index (χ1v) is 6.04. The highest BCUT2D eigenvalue weighted by Crippen LogP contribution is 2.19. The maximum atomic E-state index is 11.3. The van der Waals surface area contributed by atoms with Crippen LogP contribution < -0.4 is 5.32 Å². The lowest BCUT2D eigenvalue weighted by Gasteiger charge is -2.07. The van der Waals surface area contributed by atoms with E-state index in [4.69, 9.17) is 4.74 Å². The molecule has 1 aromatic heterocycles. The zero-order valence-corrected chi connectivity index (χ0v) is 10.8. The van der Waals surface area contributed by atoms with Crippen molar-refractivity contribution in [1.82, 2.24) is 10.3 Å². The van der Waals surface area contributed by atoms with Crippen LogP contribution in [0.25, 0.3) is 11.1 Å². The molecule has 0 saturated heterocycles. The van der Waals surface area contributed by atoms with Gasteiger partial charge in [-0.05, 0) is 34.9 Å². The molecule has 2 rings (SSSR count). The number of benzene rings is 1. The highest BCUT2D eigenvalue weighted by atomic mass is 16.5. The number of pyridine rings is 1. The van der Waals surface area contributed by atoms with Crippen LogP contribution in [0.15, 0.2) is 48.8 Å². The molecule has 0 saturated carbocycles. The summed E-state index contributed by atoms with van der Waals surface area (Å²) in [7, 11) is 1.50. The number of aromatic nitrogens is 1. The Hall–Kier alpha value is -2.20. The van der Waals surface area contributed by atoms with Crippen LogP contribution in [0.3, 0.4) is 0 Å². The zero-order chi connectivity index (χ0) is 13.5. The summed E-state index contributed by atoms with van der Waals surface area (Å²) in [5.41, 5.74) is 3.28. The average molecular weight is 256 g/mol. The van der Waals surface area contributed by atoms with Crippen molar-refractivity contribution in [3.63, 3.8) is 0 Å². The first-order valence-electron chi connectivity index (χ1n) is 6.04. The summed E-state index contributed by atoms with van der Waals surface area (Å²) in [5, 5.41) is 2.80. The van der Waals surface area contributed by atoms with Gasteiger partial charge in [-0.3, -0.25) is 9.78 Å². The molecule has 4 nitrogen and oxygen atoms in total. The van der Waals surface area contributed by atoms with Crippen LogP contribution in [0, 0.1) is 0 Å². The fourth-order valence-electron chi connectivity index (χ4n) is 1.79. The van der Waals surface area contributed by atoms with Gasteiger partial charge in [0.15, 0.2) is 0 Å². The number of carbonyl (C=O) groups excluding carboxylic acids is 1. The lowest BCUT2D eigenvalue weighted by molar-refractivity contribution is -0.124. The minimum atomic E-state index is -0.114. The highest BCUT2D eigenvalue weighted by molar-refractivity contribution is 5.77. The number of amides is 1. The molecule has 19 heavy (non-hydrogen) atoms. The number of rotatable bonds is 5. The molecule has 1 amide bonds. The van der Waals surface area contributed by atoms with E-state index in [1.165, 1.54) is 7.11 Å². The van der Waals surface area contributed by atoms with E-state index in [0.29, 0.717) is 6.54 Å². The maximum Gasteiger partial charge on any atom is 0.246 e. The third-order valence-electron chi connectivity index (χ3n) is 2.71. The van der Waals surface area contributed by atoms with E-state index in [1.807, 2.05) is 30.3 Å². The van der Waals surface area contributed by atoms with Crippen molar-refractivity contribution in [2.45, 2.75) is 6.54 Å². The Kier molecular flexibility index (Phi) is 4.64. The normalized spacial score (nSPS) is 10.2. The Labute approximate surface area is 112 Å². The molecule has 0 aliphatic carbocycles. The van der Waals surface area contributed by atoms with E-state index in [1.54, 1.807) is 12.4 Å². The first kappa shape index (κ1) is 13.2. The lowest BCUT2D eigenvalue weighted by Crippen LogP contribution is -2.26. The molecule has 0 atom stereocenters. The van der Waals surface area contributed by atoms with E-state index >= 15 is 0 Å². The van der Waals surface area contributed by atoms with Gasteiger partial charge in [0.2, 0.25) is 5.91 Å². The maximum absolute atomic E-state index is 11.3. The molecule has 4 heteroatoms. The van der Waals surface area contributed by atoms with Gasteiger partial charge in [-0.1, -0.05) is 18.2 Å². The molecule has 0 bridgehead atoms. The molecule has 2 aromatic rings. The van der Waals surface area contributed by atoms with Crippen LogP contribution in [0.5, 0.6) is 0 Å². The number of ether oxygens (including phenoxy) is 1. The van der Waals surface area contributed by atoms with Crippen LogP contribution in [-0.2, 0) is 16.1 Å². The number of carbonyl (C=O) groups is 1.